The monoisotopic (exact) mass is 222 g/mol. The SMILES string of the molecule is CC1CNCC(C)CN(Cc2ccco2)C1. The van der Waals surface area contributed by atoms with E-state index in [1.54, 1.807) is 6.26 Å². The maximum atomic E-state index is 5.42. The molecule has 2 heterocycles. The van der Waals surface area contributed by atoms with Crippen LogP contribution in [0.5, 0.6) is 0 Å². The number of rotatable bonds is 2. The molecule has 1 aromatic heterocycles. The summed E-state index contributed by atoms with van der Waals surface area (Å²) in [6, 6.07) is 4.03. The van der Waals surface area contributed by atoms with Crippen molar-refractivity contribution in [1.82, 2.24) is 10.2 Å². The van der Waals surface area contributed by atoms with Crippen molar-refractivity contribution < 1.29 is 4.42 Å². The number of nitrogens with one attached hydrogen (secondary N) is 1. The topological polar surface area (TPSA) is 28.4 Å². The van der Waals surface area contributed by atoms with Gasteiger partial charge in [-0.2, -0.15) is 0 Å². The highest BCUT2D eigenvalue weighted by atomic mass is 16.3. The first kappa shape index (κ1) is 11.7. The summed E-state index contributed by atoms with van der Waals surface area (Å²) in [5.41, 5.74) is 0. The van der Waals surface area contributed by atoms with Crippen LogP contribution in [0, 0.1) is 11.8 Å². The largest absolute Gasteiger partial charge is 0.468 e. The lowest BCUT2D eigenvalue weighted by Crippen LogP contribution is -2.42. The van der Waals surface area contributed by atoms with Crippen LogP contribution in [0.2, 0.25) is 0 Å². The molecule has 0 aromatic carbocycles. The molecule has 1 aromatic rings. The highest BCUT2D eigenvalue weighted by Gasteiger charge is 2.17. The lowest BCUT2D eigenvalue weighted by atomic mass is 10.1. The Labute approximate surface area is 97.8 Å². The molecule has 0 saturated carbocycles. The van der Waals surface area contributed by atoms with E-state index in [9.17, 15) is 0 Å². The Morgan fingerprint density at radius 1 is 1.31 bits per heavy atom. The first-order chi connectivity index (χ1) is 7.74. The van der Waals surface area contributed by atoms with Crippen LogP contribution in [0.4, 0.5) is 0 Å². The van der Waals surface area contributed by atoms with Crippen molar-refractivity contribution in [3.05, 3.63) is 24.2 Å². The Kier molecular flexibility index (Phi) is 4.02. The second-order valence-corrected chi connectivity index (χ2v) is 5.14. The summed E-state index contributed by atoms with van der Waals surface area (Å²) in [4.78, 5) is 2.51. The second kappa shape index (κ2) is 5.51. The van der Waals surface area contributed by atoms with Gasteiger partial charge in [0, 0.05) is 13.1 Å². The van der Waals surface area contributed by atoms with E-state index < -0.39 is 0 Å². The maximum Gasteiger partial charge on any atom is 0.117 e. The lowest BCUT2D eigenvalue weighted by Gasteiger charge is -2.31. The number of nitrogens with zero attached hydrogens (tertiary/aromatic N) is 1. The molecule has 2 unspecified atom stereocenters. The Bertz CT molecular complexity index is 285. The highest BCUT2D eigenvalue weighted by molar-refractivity contribution is 4.98. The molecule has 1 saturated heterocycles. The Morgan fingerprint density at radius 3 is 2.56 bits per heavy atom. The molecule has 1 N–H and O–H groups in total. The van der Waals surface area contributed by atoms with Gasteiger partial charge >= 0.3 is 0 Å². The fourth-order valence-corrected chi connectivity index (χ4v) is 2.41. The van der Waals surface area contributed by atoms with Crippen LogP contribution in [-0.2, 0) is 6.54 Å². The third kappa shape index (κ3) is 3.35. The third-order valence-electron chi connectivity index (χ3n) is 3.08. The summed E-state index contributed by atoms with van der Waals surface area (Å²) < 4.78 is 5.42. The first-order valence-electron chi connectivity index (χ1n) is 6.19. The van der Waals surface area contributed by atoms with Crippen molar-refractivity contribution in [2.75, 3.05) is 26.2 Å². The molecule has 2 atom stereocenters. The number of furan rings is 1. The van der Waals surface area contributed by atoms with Gasteiger partial charge in [0.1, 0.15) is 5.76 Å². The predicted octanol–water partition coefficient (Wildman–Crippen LogP) is 1.96. The summed E-state index contributed by atoms with van der Waals surface area (Å²) in [5.74, 6) is 2.50. The molecule has 0 aliphatic carbocycles. The molecule has 16 heavy (non-hydrogen) atoms. The lowest BCUT2D eigenvalue weighted by molar-refractivity contribution is 0.168. The molecule has 1 aliphatic rings. The molecule has 1 aliphatic heterocycles. The molecule has 0 radical (unpaired) electrons. The van der Waals surface area contributed by atoms with E-state index in [1.165, 1.54) is 0 Å². The second-order valence-electron chi connectivity index (χ2n) is 5.14. The smallest absolute Gasteiger partial charge is 0.117 e. The molecule has 0 spiro atoms. The van der Waals surface area contributed by atoms with Crippen LogP contribution >= 0.6 is 0 Å². The fourth-order valence-electron chi connectivity index (χ4n) is 2.41. The molecule has 2 rings (SSSR count). The van der Waals surface area contributed by atoms with E-state index in [4.69, 9.17) is 4.42 Å². The molecular formula is C13H22N2O. The van der Waals surface area contributed by atoms with Crippen molar-refractivity contribution in [2.24, 2.45) is 11.8 Å². The molecule has 3 nitrogen and oxygen atoms in total. The van der Waals surface area contributed by atoms with E-state index >= 15 is 0 Å². The van der Waals surface area contributed by atoms with Gasteiger partial charge in [-0.1, -0.05) is 13.8 Å². The molecule has 0 bridgehead atoms. The van der Waals surface area contributed by atoms with Crippen LogP contribution in [0.1, 0.15) is 19.6 Å². The predicted molar refractivity (Wildman–Crippen MR) is 65.2 cm³/mol. The summed E-state index contributed by atoms with van der Waals surface area (Å²) >= 11 is 0. The highest BCUT2D eigenvalue weighted by Crippen LogP contribution is 2.12. The van der Waals surface area contributed by atoms with E-state index in [0.717, 1.165) is 38.5 Å². The zero-order valence-electron chi connectivity index (χ0n) is 10.3. The normalized spacial score (nSPS) is 28.6. The zero-order valence-corrected chi connectivity index (χ0v) is 10.3. The Balaban J connectivity index is 1.94. The maximum absolute atomic E-state index is 5.42. The van der Waals surface area contributed by atoms with Crippen LogP contribution in [0.3, 0.4) is 0 Å². The van der Waals surface area contributed by atoms with Crippen LogP contribution in [-0.4, -0.2) is 31.1 Å². The summed E-state index contributed by atoms with van der Waals surface area (Å²) in [7, 11) is 0. The first-order valence-corrected chi connectivity index (χ1v) is 6.19. The molecular weight excluding hydrogens is 200 g/mol. The van der Waals surface area contributed by atoms with Gasteiger partial charge in [0.25, 0.3) is 0 Å². The average molecular weight is 222 g/mol. The van der Waals surface area contributed by atoms with Gasteiger partial charge in [-0.15, -0.1) is 0 Å². The van der Waals surface area contributed by atoms with E-state index in [1.807, 2.05) is 6.07 Å². The van der Waals surface area contributed by atoms with Gasteiger partial charge in [-0.25, -0.2) is 0 Å². The van der Waals surface area contributed by atoms with Gasteiger partial charge in [0.05, 0.1) is 12.8 Å². The van der Waals surface area contributed by atoms with Crippen LogP contribution < -0.4 is 5.32 Å². The van der Waals surface area contributed by atoms with E-state index in [0.29, 0.717) is 11.8 Å². The van der Waals surface area contributed by atoms with Gasteiger partial charge in [0.15, 0.2) is 0 Å². The number of hydrogen-bond donors (Lipinski definition) is 1. The van der Waals surface area contributed by atoms with Gasteiger partial charge in [-0.3, -0.25) is 4.90 Å². The van der Waals surface area contributed by atoms with Crippen molar-refractivity contribution >= 4 is 0 Å². The van der Waals surface area contributed by atoms with Crippen molar-refractivity contribution in [2.45, 2.75) is 20.4 Å². The van der Waals surface area contributed by atoms with E-state index in [-0.39, 0.29) is 0 Å². The molecule has 1 fully saturated rings. The van der Waals surface area contributed by atoms with Gasteiger partial charge in [-0.05, 0) is 37.1 Å². The standard InChI is InChI=1S/C13H22N2O/c1-11-6-14-7-12(2)9-15(8-11)10-13-4-3-5-16-13/h3-5,11-12,14H,6-10H2,1-2H3. The Hall–Kier alpha value is -0.800. The Morgan fingerprint density at radius 2 is 2.00 bits per heavy atom. The summed E-state index contributed by atoms with van der Waals surface area (Å²) in [6.07, 6.45) is 1.76. The average Bonchev–Trinajstić information content (AvgIpc) is 2.67. The zero-order chi connectivity index (χ0) is 11.4. The summed E-state index contributed by atoms with van der Waals surface area (Å²) in [6.45, 7) is 10.1. The quantitative estimate of drug-likeness (QED) is 0.829. The van der Waals surface area contributed by atoms with Crippen LogP contribution in [0.15, 0.2) is 22.8 Å². The summed E-state index contributed by atoms with van der Waals surface area (Å²) in [5, 5.41) is 3.52. The third-order valence-corrected chi connectivity index (χ3v) is 3.08. The van der Waals surface area contributed by atoms with Crippen molar-refractivity contribution in [3.63, 3.8) is 0 Å². The van der Waals surface area contributed by atoms with Crippen molar-refractivity contribution in [3.8, 4) is 0 Å². The minimum atomic E-state index is 0.711. The minimum absolute atomic E-state index is 0.711. The van der Waals surface area contributed by atoms with E-state index in [2.05, 4.69) is 30.1 Å². The molecule has 0 amide bonds. The van der Waals surface area contributed by atoms with Gasteiger partial charge in [0.2, 0.25) is 0 Å². The van der Waals surface area contributed by atoms with Crippen LogP contribution in [0.25, 0.3) is 0 Å². The molecule has 90 valence electrons. The fraction of sp³-hybridized carbons (Fsp3) is 0.692. The number of hydrogen-bond acceptors (Lipinski definition) is 3. The van der Waals surface area contributed by atoms with Crippen molar-refractivity contribution in [1.29, 1.82) is 0 Å². The van der Waals surface area contributed by atoms with Gasteiger partial charge < -0.3 is 9.73 Å². The minimum Gasteiger partial charge on any atom is -0.468 e. The molecule has 3 heteroatoms.